The first-order valence-electron chi connectivity index (χ1n) is 24.7. The van der Waals surface area contributed by atoms with Crippen molar-refractivity contribution in [3.8, 4) is 39.5 Å². The lowest BCUT2D eigenvalue weighted by molar-refractivity contribution is -0.138. The summed E-state index contributed by atoms with van der Waals surface area (Å²) in [4.78, 5) is 74.5. The predicted molar refractivity (Wildman–Crippen MR) is 293 cm³/mol. The number of ether oxygens (including phenoxy) is 4. The Morgan fingerprint density at radius 2 is 1.39 bits per heavy atom. The van der Waals surface area contributed by atoms with Gasteiger partial charge >= 0.3 is 12.2 Å². The van der Waals surface area contributed by atoms with E-state index in [4.69, 9.17) is 24.2 Å². The topological polar surface area (TPSA) is 198 Å². The van der Waals surface area contributed by atoms with E-state index >= 15 is 8.78 Å². The number of likely N-dealkylation sites (tertiary alicyclic amines) is 2. The lowest BCUT2D eigenvalue weighted by atomic mass is 9.90. The Balaban J connectivity index is 0.00000249. The van der Waals surface area contributed by atoms with E-state index in [2.05, 4.69) is 42.0 Å². The minimum Gasteiger partial charge on any atom is -0.464 e. The molecule has 5 aliphatic rings. The number of nitrogens with one attached hydrogen (secondary N) is 4. The molecule has 0 bridgehead atoms. The number of alkyl halides is 1. The summed E-state index contributed by atoms with van der Waals surface area (Å²) in [6.45, 7) is 4.37. The average Bonchev–Trinajstić information content (AvgIpc) is 4.11. The Bertz CT molecular complexity index is 3070. The molecule has 0 spiro atoms. The molecule has 4 N–H and O–H groups in total. The van der Waals surface area contributed by atoms with Crippen molar-refractivity contribution in [2.75, 3.05) is 40.5 Å². The largest absolute Gasteiger partial charge is 0.464 e. The van der Waals surface area contributed by atoms with Gasteiger partial charge in [0.15, 0.2) is 0 Å². The van der Waals surface area contributed by atoms with Crippen LogP contribution < -0.4 is 15.4 Å². The number of nitrogens with zero attached hydrogens (tertiary/aromatic N) is 5. The maximum Gasteiger partial charge on any atom is 0.407 e. The molecule has 6 aromatic rings. The number of hydrogen-bond acceptors (Lipinski definition) is 11. The van der Waals surface area contributed by atoms with E-state index in [-0.39, 0.29) is 58.4 Å². The summed E-state index contributed by atoms with van der Waals surface area (Å²) in [7, 11) is 2.44. The van der Waals surface area contributed by atoms with Crippen molar-refractivity contribution in [3.63, 3.8) is 0 Å². The van der Waals surface area contributed by atoms with Crippen molar-refractivity contribution < 1.29 is 46.9 Å². The molecule has 4 fully saturated rings. The Morgan fingerprint density at radius 3 is 2.01 bits per heavy atom. The van der Waals surface area contributed by atoms with Gasteiger partial charge in [-0.15, -0.1) is 11.3 Å². The highest BCUT2D eigenvalue weighted by Gasteiger charge is 2.44. The smallest absolute Gasteiger partial charge is 0.407 e. The van der Waals surface area contributed by atoms with E-state index in [0.29, 0.717) is 110 Å². The number of amides is 4. The molecule has 8 heterocycles. The van der Waals surface area contributed by atoms with Gasteiger partial charge in [0, 0.05) is 47.7 Å². The van der Waals surface area contributed by atoms with Gasteiger partial charge in [-0.25, -0.2) is 28.3 Å². The number of rotatable bonds is 12. The molecule has 4 aromatic heterocycles. The maximum atomic E-state index is 17.0. The molecule has 75 heavy (non-hydrogen) atoms. The SMILES string of the molecule is COC(=O)NC(C(=O)N1CCC[C@H]1c1ncc(-c2ccc3c(c2)cc2n3C(c3ccc(C4CC4)s3)Oc3cc(-c4cnc([C@@H]5CCCN5C(=O)[C@@H](NC(=O)OC)C5CCOCC5)[nH]4)cc(F)c3-2)[nH]1)C(C)(C)F.S.S.S. The van der Waals surface area contributed by atoms with Gasteiger partial charge in [-0.05, 0) is 120 Å². The van der Waals surface area contributed by atoms with Crippen LogP contribution in [0.5, 0.6) is 5.75 Å². The number of carbonyl (C=O) groups excluding carboxylic acids is 4. The molecule has 3 saturated heterocycles. The molecular weight excluding hydrogens is 1040 g/mol. The van der Waals surface area contributed by atoms with E-state index in [1.165, 1.54) is 31.9 Å². The lowest BCUT2D eigenvalue weighted by Gasteiger charge is -2.34. The standard InChI is InChI=1S/C52H57F2N9O8S.3H2S/c1-52(2,54)44(60-51(67)69-4)48(65)62-18-6-8-37(62)46-55-25-33(57-46)29-11-12-35-31(21-29)23-38-42-32(53)22-30(24-39(42)71-49(63(35)38)41-14-13-40(72-41)27-9-10-27)34-26-56-45(58-34)36-7-5-17-61(36)47(64)43(59-50(66)68-3)28-15-19-70-20-16-28;;;/h11-14,21-28,36-37,43-44,49H,5-10,15-20H2,1-4H3,(H,55,57)(H,56,58)(H,59,66)(H,60,67);3*1H2/t36-,37-,43-,44?,49?;;;/m0.../s1. The molecule has 402 valence electrons. The zero-order valence-electron chi connectivity index (χ0n) is 42.0. The number of alkyl carbamates (subject to hydrolysis) is 2. The second kappa shape index (κ2) is 22.5. The van der Waals surface area contributed by atoms with E-state index in [1.807, 2.05) is 30.3 Å². The highest BCUT2D eigenvalue weighted by Crippen LogP contribution is 2.50. The van der Waals surface area contributed by atoms with Gasteiger partial charge in [-0.2, -0.15) is 40.5 Å². The summed E-state index contributed by atoms with van der Waals surface area (Å²) in [6, 6.07) is 12.5. The number of methoxy groups -OCH3 is 2. The Morgan fingerprint density at radius 1 is 0.773 bits per heavy atom. The van der Waals surface area contributed by atoms with Gasteiger partial charge in [0.1, 0.15) is 41.0 Å². The Kier molecular flexibility index (Phi) is 16.6. The first-order valence-corrected chi connectivity index (χ1v) is 25.5. The Hall–Kier alpha value is -5.75. The number of halogens is 2. The Labute approximate surface area is 457 Å². The third kappa shape index (κ3) is 10.7. The van der Waals surface area contributed by atoms with Gasteiger partial charge in [0.2, 0.25) is 18.0 Å². The zero-order valence-corrected chi connectivity index (χ0v) is 45.8. The van der Waals surface area contributed by atoms with Crippen molar-refractivity contribution in [2.45, 2.75) is 107 Å². The number of carbonyl (C=O) groups is 4. The van der Waals surface area contributed by atoms with Crippen molar-refractivity contribution >= 4 is 86.7 Å². The fourth-order valence-electron chi connectivity index (χ4n) is 11.0. The highest BCUT2D eigenvalue weighted by molar-refractivity contribution is 7.59. The molecule has 5 atom stereocenters. The quantitative estimate of drug-likeness (QED) is 0.0916. The predicted octanol–water partition coefficient (Wildman–Crippen LogP) is 9.40. The lowest BCUT2D eigenvalue weighted by Crippen LogP contribution is -2.56. The van der Waals surface area contributed by atoms with Crippen molar-refractivity contribution in [3.05, 3.63) is 88.1 Å². The fraction of sp³-hybridized carbons (Fsp3) is 0.462. The van der Waals surface area contributed by atoms with Crippen LogP contribution in [0.25, 0.3) is 44.7 Å². The van der Waals surface area contributed by atoms with Gasteiger partial charge < -0.3 is 49.3 Å². The second-order valence-electron chi connectivity index (χ2n) is 19.9. The van der Waals surface area contributed by atoms with Crippen molar-refractivity contribution in [1.29, 1.82) is 0 Å². The van der Waals surface area contributed by atoms with Crippen LogP contribution in [0.3, 0.4) is 0 Å². The first-order chi connectivity index (χ1) is 34.8. The summed E-state index contributed by atoms with van der Waals surface area (Å²) in [5, 5.41) is 6.02. The van der Waals surface area contributed by atoms with Gasteiger partial charge in [0.25, 0.3) is 0 Å². The molecule has 2 unspecified atom stereocenters. The third-order valence-electron chi connectivity index (χ3n) is 14.9. The van der Waals surface area contributed by atoms with Crippen molar-refractivity contribution in [1.82, 2.24) is 44.9 Å². The van der Waals surface area contributed by atoms with Crippen LogP contribution >= 0.6 is 51.8 Å². The number of H-pyrrole nitrogens is 2. The van der Waals surface area contributed by atoms with Gasteiger partial charge in [0.05, 0.1) is 71.7 Å². The molecule has 23 heteroatoms. The highest BCUT2D eigenvalue weighted by atomic mass is 32.1. The second-order valence-corrected chi connectivity index (χ2v) is 21.1. The summed E-state index contributed by atoms with van der Waals surface area (Å²) in [5.41, 5.74) is 2.36. The fourth-order valence-corrected chi connectivity index (χ4v) is 12.2. The average molecular weight is 1110 g/mol. The molecule has 11 rings (SSSR count). The normalized spacial score (nSPS) is 20.1. The van der Waals surface area contributed by atoms with E-state index in [0.717, 1.165) is 47.7 Å². The minimum atomic E-state index is -2.06. The number of imidazole rings is 2. The van der Waals surface area contributed by atoms with Crippen LogP contribution in [0.15, 0.2) is 60.9 Å². The summed E-state index contributed by atoms with van der Waals surface area (Å²) >= 11 is 1.71. The number of aromatic amines is 2. The van der Waals surface area contributed by atoms with Crippen molar-refractivity contribution in [2.24, 2.45) is 5.92 Å². The number of aromatic nitrogens is 5. The molecule has 2 aromatic carbocycles. The van der Waals surface area contributed by atoms with E-state index < -0.39 is 53.9 Å². The number of thiophene rings is 1. The first kappa shape index (κ1) is 55.5. The molecule has 4 aliphatic heterocycles. The van der Waals surface area contributed by atoms with Gasteiger partial charge in [-0.3, -0.25) is 14.2 Å². The summed E-state index contributed by atoms with van der Waals surface area (Å²) in [5.74, 6) is 0.672. The molecule has 4 amide bonds. The van der Waals surface area contributed by atoms with Crippen LogP contribution in [0.4, 0.5) is 18.4 Å². The number of fused-ring (bicyclic) bond motifs is 5. The van der Waals surface area contributed by atoms with E-state index in [9.17, 15) is 19.2 Å². The summed E-state index contributed by atoms with van der Waals surface area (Å²) in [6.07, 6.45) is 7.45. The number of hydrogen-bond donors (Lipinski definition) is 4. The van der Waals surface area contributed by atoms with Crippen LogP contribution in [0, 0.1) is 11.7 Å². The van der Waals surface area contributed by atoms with Gasteiger partial charge in [-0.1, -0.05) is 6.07 Å². The number of benzene rings is 2. The molecule has 0 radical (unpaired) electrons. The van der Waals surface area contributed by atoms with Crippen LogP contribution in [-0.4, -0.2) is 117 Å². The third-order valence-corrected chi connectivity index (χ3v) is 16.1. The minimum absolute atomic E-state index is 0. The zero-order chi connectivity index (χ0) is 50.0. The summed E-state index contributed by atoms with van der Waals surface area (Å²) < 4.78 is 56.5. The molecule has 1 aliphatic carbocycles. The van der Waals surface area contributed by atoms with E-state index in [1.54, 1.807) is 33.5 Å². The van der Waals surface area contributed by atoms with Crippen LogP contribution in [0.1, 0.15) is 111 Å². The molecular formula is C52H63F2N9O8S4. The van der Waals surface area contributed by atoms with Crippen LogP contribution in [-0.2, 0) is 23.8 Å². The molecule has 1 saturated carbocycles. The van der Waals surface area contributed by atoms with Crippen LogP contribution in [0.2, 0.25) is 0 Å². The molecule has 17 nitrogen and oxygen atoms in total. The monoisotopic (exact) mass is 1110 g/mol. The maximum absolute atomic E-state index is 17.0.